The molecule has 0 aliphatic heterocycles. The van der Waals surface area contributed by atoms with Crippen LogP contribution in [0, 0.1) is 6.92 Å². The summed E-state index contributed by atoms with van der Waals surface area (Å²) in [6, 6.07) is 14.4. The van der Waals surface area contributed by atoms with Crippen molar-refractivity contribution in [1.29, 1.82) is 0 Å². The van der Waals surface area contributed by atoms with Crippen LogP contribution in [0.2, 0.25) is 0 Å². The molecule has 3 aromatic rings. The Labute approximate surface area is 190 Å². The molecular weight excluding hydrogens is 450 g/mol. The molecule has 1 amide bonds. The molecule has 0 unspecified atom stereocenters. The van der Waals surface area contributed by atoms with E-state index >= 15 is 0 Å². The molecule has 170 valence electrons. The third-order valence-corrected chi connectivity index (χ3v) is 7.57. The van der Waals surface area contributed by atoms with Gasteiger partial charge in [0.2, 0.25) is 15.9 Å². The van der Waals surface area contributed by atoms with Crippen molar-refractivity contribution in [3.8, 4) is 0 Å². The molecule has 1 heterocycles. The summed E-state index contributed by atoms with van der Waals surface area (Å²) in [6.45, 7) is 2.22. The summed E-state index contributed by atoms with van der Waals surface area (Å²) in [6.07, 6.45) is 0.659. The highest BCUT2D eigenvalue weighted by atomic mass is 32.2. The minimum Gasteiger partial charge on any atom is -0.325 e. The molecule has 0 radical (unpaired) electrons. The number of aromatic amines is 1. The molecule has 0 saturated carbocycles. The molecule has 0 bridgehead atoms. The molecule has 0 fully saturated rings. The molecule has 0 atom stereocenters. The lowest BCUT2D eigenvalue weighted by atomic mass is 10.1. The number of thioether (sulfide) groups is 1. The van der Waals surface area contributed by atoms with Gasteiger partial charge < -0.3 is 5.32 Å². The van der Waals surface area contributed by atoms with Crippen molar-refractivity contribution in [2.24, 2.45) is 0 Å². The SMILES string of the molecule is Cc1ccc(S(=O)(=O)N(C)C)cc1NC(=O)CSc1n[nH]c(=O)n1CCc1ccccc1. The number of hydrogen-bond donors (Lipinski definition) is 2. The van der Waals surface area contributed by atoms with E-state index in [0.29, 0.717) is 23.8 Å². The molecule has 0 aliphatic rings. The number of rotatable bonds is 9. The zero-order valence-corrected chi connectivity index (χ0v) is 19.7. The third-order valence-electron chi connectivity index (χ3n) is 4.78. The number of anilines is 1. The monoisotopic (exact) mass is 475 g/mol. The summed E-state index contributed by atoms with van der Waals surface area (Å²) >= 11 is 1.13. The molecule has 9 nitrogen and oxygen atoms in total. The van der Waals surface area contributed by atoms with Gasteiger partial charge in [0.1, 0.15) is 0 Å². The number of aryl methyl sites for hydroxylation is 2. The van der Waals surface area contributed by atoms with E-state index in [4.69, 9.17) is 0 Å². The summed E-state index contributed by atoms with van der Waals surface area (Å²) < 4.78 is 27.3. The van der Waals surface area contributed by atoms with E-state index in [1.807, 2.05) is 30.3 Å². The van der Waals surface area contributed by atoms with Crippen molar-refractivity contribution in [2.75, 3.05) is 25.2 Å². The maximum Gasteiger partial charge on any atom is 0.343 e. The van der Waals surface area contributed by atoms with E-state index in [9.17, 15) is 18.0 Å². The minimum absolute atomic E-state index is 0.0136. The molecule has 3 rings (SSSR count). The van der Waals surface area contributed by atoms with Crippen LogP contribution >= 0.6 is 11.8 Å². The zero-order valence-electron chi connectivity index (χ0n) is 18.0. The van der Waals surface area contributed by atoms with E-state index in [1.165, 1.54) is 30.8 Å². The van der Waals surface area contributed by atoms with Crippen molar-refractivity contribution in [3.63, 3.8) is 0 Å². The van der Waals surface area contributed by atoms with E-state index in [1.54, 1.807) is 13.0 Å². The van der Waals surface area contributed by atoms with Gasteiger partial charge in [0, 0.05) is 26.3 Å². The number of nitrogens with zero attached hydrogens (tertiary/aromatic N) is 3. The van der Waals surface area contributed by atoms with Gasteiger partial charge in [-0.1, -0.05) is 48.2 Å². The Balaban J connectivity index is 1.65. The maximum absolute atomic E-state index is 12.5. The fraction of sp³-hybridized carbons (Fsp3) is 0.286. The van der Waals surface area contributed by atoms with Crippen LogP contribution in [0.1, 0.15) is 11.1 Å². The first-order valence-electron chi connectivity index (χ1n) is 9.83. The minimum atomic E-state index is -3.61. The van der Waals surface area contributed by atoms with Crippen LogP contribution in [0.25, 0.3) is 0 Å². The lowest BCUT2D eigenvalue weighted by Gasteiger charge is -2.14. The normalized spacial score (nSPS) is 11.6. The Hall–Kier alpha value is -2.89. The number of carbonyl (C=O) groups is 1. The average molecular weight is 476 g/mol. The van der Waals surface area contributed by atoms with Crippen LogP contribution in [-0.4, -0.2) is 53.2 Å². The standard InChI is InChI=1S/C21H25N5O4S2/c1-15-9-10-17(32(29,30)25(2)3)13-18(15)22-19(27)14-31-21-24-23-20(28)26(21)12-11-16-7-5-4-6-8-16/h4-10,13H,11-12,14H2,1-3H3,(H,22,27)(H,23,28). The molecule has 0 aliphatic carbocycles. The third kappa shape index (κ3) is 5.67. The van der Waals surface area contributed by atoms with Crippen LogP contribution in [-0.2, 0) is 27.8 Å². The van der Waals surface area contributed by atoms with Gasteiger partial charge in [0.25, 0.3) is 0 Å². The lowest BCUT2D eigenvalue weighted by molar-refractivity contribution is -0.113. The second-order valence-corrected chi connectivity index (χ2v) is 10.4. The first kappa shape index (κ1) is 23.8. The number of nitrogens with one attached hydrogen (secondary N) is 2. The van der Waals surface area contributed by atoms with Gasteiger partial charge in [0.05, 0.1) is 10.6 Å². The van der Waals surface area contributed by atoms with Crippen molar-refractivity contribution in [2.45, 2.75) is 29.9 Å². The van der Waals surface area contributed by atoms with Crippen molar-refractivity contribution in [1.82, 2.24) is 19.1 Å². The van der Waals surface area contributed by atoms with E-state index < -0.39 is 10.0 Å². The summed E-state index contributed by atoms with van der Waals surface area (Å²) in [5, 5.41) is 9.60. The number of carbonyl (C=O) groups excluding carboxylic acids is 1. The molecular formula is C21H25N5O4S2. The molecule has 32 heavy (non-hydrogen) atoms. The van der Waals surface area contributed by atoms with Crippen LogP contribution in [0.15, 0.2) is 63.4 Å². The lowest BCUT2D eigenvalue weighted by Crippen LogP contribution is -2.23. The predicted molar refractivity (Wildman–Crippen MR) is 124 cm³/mol. The van der Waals surface area contributed by atoms with Gasteiger partial charge in [-0.25, -0.2) is 22.6 Å². The molecule has 2 N–H and O–H groups in total. The second-order valence-electron chi connectivity index (χ2n) is 7.30. The van der Waals surface area contributed by atoms with Gasteiger partial charge in [0.15, 0.2) is 5.16 Å². The van der Waals surface area contributed by atoms with E-state index in [2.05, 4.69) is 15.5 Å². The van der Waals surface area contributed by atoms with Crippen LogP contribution in [0.5, 0.6) is 0 Å². The highest BCUT2D eigenvalue weighted by molar-refractivity contribution is 7.99. The van der Waals surface area contributed by atoms with Crippen molar-refractivity contribution >= 4 is 33.4 Å². The smallest absolute Gasteiger partial charge is 0.325 e. The summed E-state index contributed by atoms with van der Waals surface area (Å²) in [5.74, 6) is -0.317. The Kier molecular flexibility index (Phi) is 7.54. The first-order chi connectivity index (χ1) is 15.2. The zero-order chi connectivity index (χ0) is 23.3. The largest absolute Gasteiger partial charge is 0.343 e. The number of amides is 1. The molecule has 0 spiro atoms. The number of hydrogen-bond acceptors (Lipinski definition) is 6. The van der Waals surface area contributed by atoms with Crippen molar-refractivity contribution < 1.29 is 13.2 Å². The molecule has 0 saturated heterocycles. The Bertz CT molecular complexity index is 1250. The summed E-state index contributed by atoms with van der Waals surface area (Å²) in [7, 11) is -0.715. The van der Waals surface area contributed by atoms with Gasteiger partial charge in [-0.15, -0.1) is 5.10 Å². The van der Waals surface area contributed by atoms with Gasteiger partial charge in [-0.3, -0.25) is 9.36 Å². The topological polar surface area (TPSA) is 117 Å². The van der Waals surface area contributed by atoms with Gasteiger partial charge in [-0.2, -0.15) is 0 Å². The molecule has 1 aromatic heterocycles. The fourth-order valence-corrected chi connectivity index (χ4v) is 4.62. The molecule has 11 heteroatoms. The van der Waals surface area contributed by atoms with E-state index in [0.717, 1.165) is 27.2 Å². The predicted octanol–water partition coefficient (Wildman–Crippen LogP) is 2.10. The Morgan fingerprint density at radius 2 is 1.91 bits per heavy atom. The molecule has 2 aromatic carbocycles. The number of aromatic nitrogens is 3. The number of sulfonamides is 1. The maximum atomic E-state index is 12.5. The van der Waals surface area contributed by atoms with Crippen molar-refractivity contribution in [3.05, 3.63) is 70.1 Å². The summed E-state index contributed by atoms with van der Waals surface area (Å²) in [5.41, 5.74) is 1.92. The Morgan fingerprint density at radius 3 is 2.59 bits per heavy atom. The van der Waals surface area contributed by atoms with E-state index in [-0.39, 0.29) is 22.2 Å². The highest BCUT2D eigenvalue weighted by Gasteiger charge is 2.19. The van der Waals surface area contributed by atoms with Crippen LogP contribution < -0.4 is 11.0 Å². The fourth-order valence-electron chi connectivity index (χ4n) is 2.92. The number of benzene rings is 2. The van der Waals surface area contributed by atoms with Crippen LogP contribution in [0.4, 0.5) is 5.69 Å². The highest BCUT2D eigenvalue weighted by Crippen LogP contribution is 2.23. The second kappa shape index (κ2) is 10.2. The number of H-pyrrole nitrogens is 1. The van der Waals surface area contributed by atoms with Gasteiger partial charge in [-0.05, 0) is 36.6 Å². The van der Waals surface area contributed by atoms with Crippen LogP contribution in [0.3, 0.4) is 0 Å². The Morgan fingerprint density at radius 1 is 1.19 bits per heavy atom. The quantitative estimate of drug-likeness (QED) is 0.458. The summed E-state index contributed by atoms with van der Waals surface area (Å²) in [4.78, 5) is 24.7. The van der Waals surface area contributed by atoms with Gasteiger partial charge >= 0.3 is 5.69 Å². The first-order valence-corrected chi connectivity index (χ1v) is 12.3. The average Bonchev–Trinajstić information content (AvgIpc) is 3.12.